The summed E-state index contributed by atoms with van der Waals surface area (Å²) in [5, 5.41) is 20.8. The summed E-state index contributed by atoms with van der Waals surface area (Å²) >= 11 is 0. The fourth-order valence-electron chi connectivity index (χ4n) is 1.76. The van der Waals surface area contributed by atoms with Crippen LogP contribution in [0.3, 0.4) is 0 Å². The molecule has 1 aromatic carbocycles. The number of carbonyl (C=O) groups excluding carboxylic acids is 1. The normalized spacial score (nSPS) is 11.7. The van der Waals surface area contributed by atoms with Gasteiger partial charge in [-0.2, -0.15) is 0 Å². The second-order valence-corrected chi connectivity index (χ2v) is 4.63. The van der Waals surface area contributed by atoms with Crippen molar-refractivity contribution in [2.75, 3.05) is 13.6 Å². The van der Waals surface area contributed by atoms with E-state index in [2.05, 4.69) is 5.32 Å². The summed E-state index contributed by atoms with van der Waals surface area (Å²) in [6.07, 6.45) is 0.973. The molecular formula is C14H20N2O4. The third kappa shape index (κ3) is 4.79. The Labute approximate surface area is 118 Å². The maximum Gasteiger partial charge on any atom is 0.326 e. The number of phenolic OH excluding ortho intramolecular Hbond substituents is 1. The Balaban J connectivity index is 2.67. The summed E-state index contributed by atoms with van der Waals surface area (Å²) in [5.74, 6) is -0.969. The van der Waals surface area contributed by atoms with Crippen molar-refractivity contribution in [2.24, 2.45) is 0 Å². The van der Waals surface area contributed by atoms with Gasteiger partial charge in [0.1, 0.15) is 11.8 Å². The Bertz CT molecular complexity index is 459. The van der Waals surface area contributed by atoms with E-state index in [9.17, 15) is 14.7 Å². The van der Waals surface area contributed by atoms with Crippen LogP contribution in [0.25, 0.3) is 0 Å². The van der Waals surface area contributed by atoms with Crippen molar-refractivity contribution >= 4 is 12.0 Å². The van der Waals surface area contributed by atoms with Crippen molar-refractivity contribution in [3.63, 3.8) is 0 Å². The summed E-state index contributed by atoms with van der Waals surface area (Å²) in [7, 11) is 1.62. The lowest BCUT2D eigenvalue weighted by Crippen LogP contribution is -2.47. The fourth-order valence-corrected chi connectivity index (χ4v) is 1.76. The van der Waals surface area contributed by atoms with E-state index in [1.165, 1.54) is 17.0 Å². The van der Waals surface area contributed by atoms with E-state index in [0.29, 0.717) is 6.54 Å². The predicted octanol–water partition coefficient (Wildman–Crippen LogP) is 1.44. The van der Waals surface area contributed by atoms with Crippen LogP contribution in [0.1, 0.15) is 18.9 Å². The number of phenols is 1. The quantitative estimate of drug-likeness (QED) is 0.735. The first-order valence-electron chi connectivity index (χ1n) is 6.46. The number of rotatable bonds is 6. The van der Waals surface area contributed by atoms with E-state index in [0.717, 1.165) is 12.0 Å². The maximum absolute atomic E-state index is 11.8. The first-order valence-corrected chi connectivity index (χ1v) is 6.46. The molecule has 2 amide bonds. The van der Waals surface area contributed by atoms with Gasteiger partial charge in [0, 0.05) is 20.0 Å². The first kappa shape index (κ1) is 15.8. The molecule has 0 aromatic heterocycles. The highest BCUT2D eigenvalue weighted by atomic mass is 16.4. The molecule has 0 heterocycles. The Kier molecular flexibility index (Phi) is 5.83. The van der Waals surface area contributed by atoms with E-state index < -0.39 is 18.0 Å². The minimum Gasteiger partial charge on any atom is -0.508 e. The van der Waals surface area contributed by atoms with Crippen LogP contribution in [0.4, 0.5) is 4.79 Å². The Morgan fingerprint density at radius 3 is 2.40 bits per heavy atom. The topological polar surface area (TPSA) is 89.9 Å². The minimum absolute atomic E-state index is 0.118. The highest BCUT2D eigenvalue weighted by molar-refractivity contribution is 5.82. The van der Waals surface area contributed by atoms with Crippen LogP contribution in [0.2, 0.25) is 0 Å². The summed E-state index contributed by atoms with van der Waals surface area (Å²) in [6, 6.07) is 4.84. The van der Waals surface area contributed by atoms with Gasteiger partial charge >= 0.3 is 12.0 Å². The van der Waals surface area contributed by atoms with Gasteiger partial charge in [0.25, 0.3) is 0 Å². The molecule has 0 aliphatic heterocycles. The van der Waals surface area contributed by atoms with Crippen LogP contribution in [-0.2, 0) is 11.2 Å². The number of hydrogen-bond donors (Lipinski definition) is 3. The fraction of sp³-hybridized carbons (Fsp3) is 0.429. The maximum atomic E-state index is 11.8. The molecule has 0 aliphatic carbocycles. The van der Waals surface area contributed by atoms with E-state index in [-0.39, 0.29) is 12.2 Å². The first-order chi connectivity index (χ1) is 9.43. The zero-order chi connectivity index (χ0) is 15.1. The van der Waals surface area contributed by atoms with E-state index in [4.69, 9.17) is 5.11 Å². The summed E-state index contributed by atoms with van der Waals surface area (Å²) in [5.41, 5.74) is 0.730. The lowest BCUT2D eigenvalue weighted by atomic mass is 10.1. The molecule has 0 saturated heterocycles. The molecule has 0 aliphatic rings. The van der Waals surface area contributed by atoms with Gasteiger partial charge in [0.2, 0.25) is 0 Å². The molecule has 0 bridgehead atoms. The van der Waals surface area contributed by atoms with Crippen LogP contribution in [0.5, 0.6) is 5.75 Å². The number of aromatic hydroxyl groups is 1. The summed E-state index contributed by atoms with van der Waals surface area (Å²) < 4.78 is 0. The highest BCUT2D eigenvalue weighted by Crippen LogP contribution is 2.11. The number of aliphatic carboxylic acids is 1. The number of nitrogens with one attached hydrogen (secondary N) is 1. The van der Waals surface area contributed by atoms with Crippen LogP contribution in [0.15, 0.2) is 24.3 Å². The molecule has 0 spiro atoms. The lowest BCUT2D eigenvalue weighted by Gasteiger charge is -2.21. The number of carbonyl (C=O) groups is 2. The number of nitrogens with zero attached hydrogens (tertiary/aromatic N) is 1. The molecule has 1 aromatic rings. The number of benzene rings is 1. The smallest absolute Gasteiger partial charge is 0.326 e. The van der Waals surface area contributed by atoms with Crippen LogP contribution >= 0.6 is 0 Å². The average Bonchev–Trinajstić information content (AvgIpc) is 2.40. The molecule has 3 N–H and O–H groups in total. The Morgan fingerprint density at radius 2 is 1.90 bits per heavy atom. The largest absolute Gasteiger partial charge is 0.508 e. The van der Waals surface area contributed by atoms with E-state index in [1.54, 1.807) is 19.2 Å². The van der Waals surface area contributed by atoms with Gasteiger partial charge in [-0.25, -0.2) is 9.59 Å². The predicted molar refractivity (Wildman–Crippen MR) is 74.7 cm³/mol. The number of hydrogen-bond acceptors (Lipinski definition) is 3. The van der Waals surface area contributed by atoms with Crippen molar-refractivity contribution in [1.29, 1.82) is 0 Å². The molecule has 1 rings (SSSR count). The van der Waals surface area contributed by atoms with E-state index in [1.807, 2.05) is 6.92 Å². The average molecular weight is 280 g/mol. The molecule has 0 fully saturated rings. The van der Waals surface area contributed by atoms with Gasteiger partial charge in [0.15, 0.2) is 0 Å². The summed E-state index contributed by atoms with van der Waals surface area (Å²) in [4.78, 5) is 24.5. The number of urea groups is 1. The molecular weight excluding hydrogens is 260 g/mol. The van der Waals surface area contributed by atoms with Crippen molar-refractivity contribution in [3.05, 3.63) is 29.8 Å². The second-order valence-electron chi connectivity index (χ2n) is 4.63. The van der Waals surface area contributed by atoms with Crippen molar-refractivity contribution in [1.82, 2.24) is 10.2 Å². The zero-order valence-corrected chi connectivity index (χ0v) is 11.7. The van der Waals surface area contributed by atoms with Crippen LogP contribution in [-0.4, -0.2) is 46.7 Å². The van der Waals surface area contributed by atoms with Gasteiger partial charge in [0.05, 0.1) is 0 Å². The monoisotopic (exact) mass is 280 g/mol. The van der Waals surface area contributed by atoms with Crippen molar-refractivity contribution in [3.8, 4) is 5.75 Å². The second kappa shape index (κ2) is 7.37. The van der Waals surface area contributed by atoms with Crippen LogP contribution in [0, 0.1) is 0 Å². The van der Waals surface area contributed by atoms with Crippen LogP contribution < -0.4 is 5.32 Å². The van der Waals surface area contributed by atoms with E-state index >= 15 is 0 Å². The standard InChI is InChI=1S/C14H20N2O4/c1-3-8-16(2)14(20)15-12(13(18)19)9-10-4-6-11(17)7-5-10/h4-7,12,17H,3,8-9H2,1-2H3,(H,15,20)(H,18,19). The Hall–Kier alpha value is -2.24. The number of carboxylic acids is 1. The molecule has 1 atom stereocenters. The Morgan fingerprint density at radius 1 is 1.30 bits per heavy atom. The zero-order valence-electron chi connectivity index (χ0n) is 11.7. The number of carboxylic acid groups (broad SMARTS) is 1. The minimum atomic E-state index is -1.09. The molecule has 0 radical (unpaired) electrons. The lowest BCUT2D eigenvalue weighted by molar-refractivity contribution is -0.139. The van der Waals surface area contributed by atoms with Gasteiger partial charge < -0.3 is 20.4 Å². The van der Waals surface area contributed by atoms with Gasteiger partial charge in [-0.1, -0.05) is 19.1 Å². The SMILES string of the molecule is CCCN(C)C(=O)NC(Cc1ccc(O)cc1)C(=O)O. The third-order valence-corrected chi connectivity index (χ3v) is 2.88. The van der Waals surface area contributed by atoms with Crippen molar-refractivity contribution < 1.29 is 19.8 Å². The van der Waals surface area contributed by atoms with Gasteiger partial charge in [-0.15, -0.1) is 0 Å². The number of amides is 2. The molecule has 1 unspecified atom stereocenters. The van der Waals surface area contributed by atoms with Gasteiger partial charge in [-0.05, 0) is 24.1 Å². The van der Waals surface area contributed by atoms with Gasteiger partial charge in [-0.3, -0.25) is 0 Å². The molecule has 6 heteroatoms. The highest BCUT2D eigenvalue weighted by Gasteiger charge is 2.21. The summed E-state index contributed by atoms with van der Waals surface area (Å²) in [6.45, 7) is 2.51. The molecule has 0 saturated carbocycles. The molecule has 110 valence electrons. The molecule has 20 heavy (non-hydrogen) atoms. The van der Waals surface area contributed by atoms with Crippen molar-refractivity contribution in [2.45, 2.75) is 25.8 Å². The third-order valence-electron chi connectivity index (χ3n) is 2.88. The molecule has 6 nitrogen and oxygen atoms in total.